The first-order valence-corrected chi connectivity index (χ1v) is 8.30. The summed E-state index contributed by atoms with van der Waals surface area (Å²) in [5.41, 5.74) is 1.71. The Balaban J connectivity index is 2.14. The molecule has 2 aromatic rings. The molecule has 0 saturated heterocycles. The monoisotopic (exact) mass is 320 g/mol. The first kappa shape index (κ1) is 15.7. The number of rotatable bonds is 4. The van der Waals surface area contributed by atoms with E-state index in [1.165, 1.54) is 22.7 Å². The first-order chi connectivity index (χ1) is 10.2. The molecule has 6 heteroatoms. The lowest BCUT2D eigenvalue weighted by Crippen LogP contribution is -2.11. The van der Waals surface area contributed by atoms with Gasteiger partial charge in [-0.25, -0.2) is 4.98 Å². The van der Waals surface area contributed by atoms with Crippen molar-refractivity contribution in [3.8, 4) is 11.8 Å². The average Bonchev–Trinajstić information content (AvgIpc) is 3.05. The Kier molecular flexibility index (Phi) is 5.51. The van der Waals surface area contributed by atoms with E-state index >= 15 is 0 Å². The van der Waals surface area contributed by atoms with Crippen molar-refractivity contribution in [2.24, 2.45) is 0 Å². The molecule has 0 aliphatic heterocycles. The van der Waals surface area contributed by atoms with Gasteiger partial charge in [0.25, 0.3) is 5.91 Å². The van der Waals surface area contributed by atoms with Gasteiger partial charge >= 0.3 is 0 Å². The topological polar surface area (TPSA) is 62.2 Å². The van der Waals surface area contributed by atoms with Crippen molar-refractivity contribution in [3.63, 3.8) is 0 Å². The highest BCUT2D eigenvalue weighted by molar-refractivity contribution is 7.16. The maximum atomic E-state index is 12.3. The van der Waals surface area contributed by atoms with Crippen LogP contribution >= 0.6 is 22.7 Å². The number of amides is 1. The van der Waals surface area contributed by atoms with Gasteiger partial charge in [0.1, 0.15) is 4.88 Å². The van der Waals surface area contributed by atoms with Crippen LogP contribution in [0.2, 0.25) is 0 Å². The van der Waals surface area contributed by atoms with Crippen LogP contribution in [0.25, 0.3) is 0 Å². The maximum Gasteiger partial charge on any atom is 0.268 e. The SMILES string of the molecule is CCc1nc(NC(=O)c2sccc2C#CCCO)sc1C. The largest absolute Gasteiger partial charge is 0.395 e. The molecule has 2 N–H and O–H groups in total. The van der Waals surface area contributed by atoms with Crippen molar-refractivity contribution in [3.05, 3.63) is 32.5 Å². The third-order valence-corrected chi connectivity index (χ3v) is 4.62. The molecule has 2 rings (SSSR count). The average molecular weight is 320 g/mol. The summed E-state index contributed by atoms with van der Waals surface area (Å²) in [6.45, 7) is 4.07. The molecule has 21 heavy (non-hydrogen) atoms. The molecule has 2 aromatic heterocycles. The summed E-state index contributed by atoms with van der Waals surface area (Å²) < 4.78 is 0. The standard InChI is InChI=1S/C15H16N2O2S2/c1-3-12-10(2)21-15(16-12)17-14(19)13-11(7-9-20-13)6-4-5-8-18/h7,9,18H,3,5,8H2,1-2H3,(H,16,17,19). The van der Waals surface area contributed by atoms with E-state index in [2.05, 4.69) is 22.1 Å². The number of carbonyl (C=O) groups excluding carboxylic acids is 1. The van der Waals surface area contributed by atoms with Gasteiger partial charge in [-0.05, 0) is 24.8 Å². The van der Waals surface area contributed by atoms with Crippen LogP contribution in [0.15, 0.2) is 11.4 Å². The number of nitrogens with one attached hydrogen (secondary N) is 1. The molecule has 0 atom stereocenters. The van der Waals surface area contributed by atoms with Crippen molar-refractivity contribution in [1.29, 1.82) is 0 Å². The summed E-state index contributed by atoms with van der Waals surface area (Å²) in [6.07, 6.45) is 1.26. The number of hydrogen-bond donors (Lipinski definition) is 2. The summed E-state index contributed by atoms with van der Waals surface area (Å²) in [5, 5.41) is 14.0. The molecular formula is C15H16N2O2S2. The fourth-order valence-electron chi connectivity index (χ4n) is 1.76. The quantitative estimate of drug-likeness (QED) is 0.851. The van der Waals surface area contributed by atoms with E-state index in [0.717, 1.165) is 17.0 Å². The van der Waals surface area contributed by atoms with Crippen molar-refractivity contribution >= 4 is 33.7 Å². The van der Waals surface area contributed by atoms with Crippen LogP contribution in [0.1, 0.15) is 39.2 Å². The molecule has 0 aliphatic rings. The third-order valence-electron chi connectivity index (χ3n) is 2.78. The van der Waals surface area contributed by atoms with Gasteiger partial charge in [0.05, 0.1) is 12.3 Å². The van der Waals surface area contributed by atoms with Crippen LogP contribution in [0.3, 0.4) is 0 Å². The number of anilines is 1. The number of carbonyl (C=O) groups is 1. The predicted octanol–water partition coefficient (Wildman–Crippen LogP) is 3.06. The highest BCUT2D eigenvalue weighted by Crippen LogP contribution is 2.24. The van der Waals surface area contributed by atoms with Crippen LogP contribution in [-0.2, 0) is 6.42 Å². The minimum absolute atomic E-state index is 0.0247. The van der Waals surface area contributed by atoms with Crippen LogP contribution in [-0.4, -0.2) is 22.6 Å². The molecule has 110 valence electrons. The highest BCUT2D eigenvalue weighted by atomic mass is 32.1. The number of hydrogen-bond acceptors (Lipinski definition) is 5. The Bertz CT molecular complexity index is 692. The van der Waals surface area contributed by atoms with Crippen LogP contribution < -0.4 is 5.32 Å². The van der Waals surface area contributed by atoms with E-state index < -0.39 is 0 Å². The van der Waals surface area contributed by atoms with E-state index in [0.29, 0.717) is 22.0 Å². The Morgan fingerprint density at radius 3 is 3.00 bits per heavy atom. The molecule has 0 saturated carbocycles. The first-order valence-electron chi connectivity index (χ1n) is 6.60. The van der Waals surface area contributed by atoms with Gasteiger partial charge in [-0.3, -0.25) is 10.1 Å². The molecule has 0 unspecified atom stereocenters. The van der Waals surface area contributed by atoms with E-state index in [9.17, 15) is 4.79 Å². The van der Waals surface area contributed by atoms with E-state index in [1.54, 1.807) is 0 Å². The van der Waals surface area contributed by atoms with Gasteiger partial charge in [0.15, 0.2) is 5.13 Å². The Labute approximate surface area is 131 Å². The highest BCUT2D eigenvalue weighted by Gasteiger charge is 2.15. The fraction of sp³-hybridized carbons (Fsp3) is 0.333. The molecule has 0 aliphatic carbocycles. The second-order valence-electron chi connectivity index (χ2n) is 4.27. The lowest BCUT2D eigenvalue weighted by atomic mass is 10.2. The summed E-state index contributed by atoms with van der Waals surface area (Å²) in [7, 11) is 0. The van der Waals surface area contributed by atoms with Crippen molar-refractivity contribution in [1.82, 2.24) is 4.98 Å². The Morgan fingerprint density at radius 2 is 2.33 bits per heavy atom. The number of aliphatic hydroxyl groups excluding tert-OH is 1. The lowest BCUT2D eigenvalue weighted by molar-refractivity contribution is 0.103. The number of aromatic nitrogens is 1. The molecule has 0 bridgehead atoms. The molecule has 0 aromatic carbocycles. The summed E-state index contributed by atoms with van der Waals surface area (Å²) in [6, 6.07) is 1.81. The zero-order valence-corrected chi connectivity index (χ0v) is 13.5. The van der Waals surface area contributed by atoms with Crippen molar-refractivity contribution in [2.75, 3.05) is 11.9 Å². The minimum atomic E-state index is -0.185. The smallest absolute Gasteiger partial charge is 0.268 e. The van der Waals surface area contributed by atoms with E-state index in [-0.39, 0.29) is 12.5 Å². The van der Waals surface area contributed by atoms with Crippen LogP contribution in [0.4, 0.5) is 5.13 Å². The van der Waals surface area contributed by atoms with Crippen LogP contribution in [0, 0.1) is 18.8 Å². The predicted molar refractivity (Wildman–Crippen MR) is 87.1 cm³/mol. The minimum Gasteiger partial charge on any atom is -0.395 e. The van der Waals surface area contributed by atoms with Gasteiger partial charge in [0.2, 0.25) is 0 Å². The maximum absolute atomic E-state index is 12.3. The van der Waals surface area contributed by atoms with Crippen molar-refractivity contribution in [2.45, 2.75) is 26.7 Å². The number of nitrogens with zero attached hydrogens (tertiary/aromatic N) is 1. The zero-order chi connectivity index (χ0) is 15.2. The second-order valence-corrected chi connectivity index (χ2v) is 6.39. The van der Waals surface area contributed by atoms with Gasteiger partial charge in [-0.15, -0.1) is 22.7 Å². The van der Waals surface area contributed by atoms with Crippen molar-refractivity contribution < 1.29 is 9.90 Å². The van der Waals surface area contributed by atoms with E-state index in [4.69, 9.17) is 5.11 Å². The summed E-state index contributed by atoms with van der Waals surface area (Å²) in [5.74, 6) is 5.56. The van der Waals surface area contributed by atoms with Crippen LogP contribution in [0.5, 0.6) is 0 Å². The molecule has 0 fully saturated rings. The lowest BCUT2D eigenvalue weighted by Gasteiger charge is -1.99. The summed E-state index contributed by atoms with van der Waals surface area (Å²) >= 11 is 2.84. The molecular weight excluding hydrogens is 304 g/mol. The molecule has 1 amide bonds. The molecule has 0 radical (unpaired) electrons. The fourth-order valence-corrected chi connectivity index (χ4v) is 3.40. The van der Waals surface area contributed by atoms with Gasteiger partial charge in [0, 0.05) is 16.9 Å². The zero-order valence-electron chi connectivity index (χ0n) is 11.9. The van der Waals surface area contributed by atoms with Gasteiger partial charge < -0.3 is 5.11 Å². The summed E-state index contributed by atoms with van der Waals surface area (Å²) in [4.78, 5) is 18.4. The Morgan fingerprint density at radius 1 is 1.52 bits per heavy atom. The number of aryl methyl sites for hydroxylation is 2. The molecule has 2 heterocycles. The Hall–Kier alpha value is -1.68. The van der Waals surface area contributed by atoms with Gasteiger partial charge in [-0.2, -0.15) is 0 Å². The number of aliphatic hydroxyl groups is 1. The number of thiophene rings is 1. The number of thiazole rings is 1. The second kappa shape index (κ2) is 7.36. The van der Waals surface area contributed by atoms with E-state index in [1.807, 2.05) is 25.3 Å². The molecule has 0 spiro atoms. The normalized spacial score (nSPS) is 10.0. The third kappa shape index (κ3) is 3.91. The molecule has 4 nitrogen and oxygen atoms in total. The van der Waals surface area contributed by atoms with Gasteiger partial charge in [-0.1, -0.05) is 18.8 Å².